The molecule has 0 spiro atoms. The van der Waals surface area contributed by atoms with Crippen LogP contribution in [0.3, 0.4) is 0 Å². The van der Waals surface area contributed by atoms with Crippen LogP contribution in [0.1, 0.15) is 23.2 Å². The number of rotatable bonds is 3. The Morgan fingerprint density at radius 3 is 2.44 bits per heavy atom. The molecule has 0 heterocycles. The molecule has 1 aromatic carbocycles. The summed E-state index contributed by atoms with van der Waals surface area (Å²) >= 11 is 0. The van der Waals surface area contributed by atoms with Crippen molar-refractivity contribution in [1.82, 2.24) is 0 Å². The van der Waals surface area contributed by atoms with Crippen molar-refractivity contribution in [3.05, 3.63) is 29.1 Å². The third-order valence-corrected chi connectivity index (χ3v) is 2.31. The molecule has 1 fully saturated rings. The second kappa shape index (κ2) is 3.70. The summed E-state index contributed by atoms with van der Waals surface area (Å²) in [6.45, 7) is 0. The summed E-state index contributed by atoms with van der Waals surface area (Å²) in [5, 5.41) is 11.3. The molecule has 0 aliphatic heterocycles. The quantitative estimate of drug-likeness (QED) is 0.785. The zero-order valence-electron chi connectivity index (χ0n) is 8.06. The minimum atomic E-state index is -1.70. The molecule has 0 amide bonds. The maximum atomic E-state index is 13.3. The highest BCUT2D eigenvalue weighted by molar-refractivity contribution is 5.94. The first kappa shape index (κ1) is 10.8. The maximum absolute atomic E-state index is 13.3. The van der Waals surface area contributed by atoms with Crippen molar-refractivity contribution >= 4 is 11.7 Å². The van der Waals surface area contributed by atoms with Gasteiger partial charge in [0, 0.05) is 12.1 Å². The summed E-state index contributed by atoms with van der Waals surface area (Å²) in [4.78, 5) is 10.7. The highest BCUT2D eigenvalue weighted by Gasteiger charge is 2.29. The molecule has 3 nitrogen and oxygen atoms in total. The van der Waals surface area contributed by atoms with Gasteiger partial charge in [-0.1, -0.05) is 0 Å². The topological polar surface area (TPSA) is 49.3 Å². The third kappa shape index (κ3) is 1.82. The Kier molecular flexibility index (Phi) is 2.49. The normalized spacial score (nSPS) is 14.9. The summed E-state index contributed by atoms with van der Waals surface area (Å²) < 4.78 is 39.3. The lowest BCUT2D eigenvalue weighted by atomic mass is 10.1. The van der Waals surface area contributed by atoms with Crippen molar-refractivity contribution in [2.75, 3.05) is 5.32 Å². The van der Waals surface area contributed by atoms with E-state index in [2.05, 4.69) is 5.32 Å². The van der Waals surface area contributed by atoms with E-state index in [9.17, 15) is 18.0 Å². The molecule has 0 saturated heterocycles. The lowest BCUT2D eigenvalue weighted by Crippen LogP contribution is -2.13. The van der Waals surface area contributed by atoms with E-state index in [0.717, 1.165) is 12.8 Å². The number of anilines is 1. The van der Waals surface area contributed by atoms with E-state index >= 15 is 0 Å². The van der Waals surface area contributed by atoms with Crippen LogP contribution in [0.15, 0.2) is 6.07 Å². The van der Waals surface area contributed by atoms with Crippen molar-refractivity contribution in [2.45, 2.75) is 18.9 Å². The minimum absolute atomic E-state index is 0.0579. The monoisotopic (exact) mass is 231 g/mol. The lowest BCUT2D eigenvalue weighted by molar-refractivity contribution is 0.0691. The molecule has 0 aromatic heterocycles. The van der Waals surface area contributed by atoms with Crippen LogP contribution in [-0.4, -0.2) is 17.1 Å². The Hall–Kier alpha value is -1.72. The molecule has 6 heteroatoms. The second-order valence-corrected chi connectivity index (χ2v) is 3.63. The first-order valence-electron chi connectivity index (χ1n) is 4.68. The average Bonchev–Trinajstić information content (AvgIpc) is 2.97. The summed E-state index contributed by atoms with van der Waals surface area (Å²) in [6.07, 6.45) is 1.52. The minimum Gasteiger partial charge on any atom is -0.478 e. The Balaban J connectivity index is 2.54. The predicted molar refractivity (Wildman–Crippen MR) is 49.9 cm³/mol. The number of halogens is 3. The average molecular weight is 231 g/mol. The molecule has 2 rings (SSSR count). The Morgan fingerprint density at radius 2 is 1.94 bits per heavy atom. The largest absolute Gasteiger partial charge is 0.478 e. The van der Waals surface area contributed by atoms with E-state index in [1.807, 2.05) is 0 Å². The molecule has 1 aromatic rings. The van der Waals surface area contributed by atoms with Gasteiger partial charge in [-0.25, -0.2) is 18.0 Å². The van der Waals surface area contributed by atoms with Gasteiger partial charge in [0.15, 0.2) is 11.6 Å². The summed E-state index contributed by atoms with van der Waals surface area (Å²) in [5.41, 5.74) is -1.46. The molecule has 2 N–H and O–H groups in total. The smallest absolute Gasteiger partial charge is 0.341 e. The van der Waals surface area contributed by atoms with Gasteiger partial charge in [0.1, 0.15) is 11.4 Å². The van der Waals surface area contributed by atoms with Gasteiger partial charge in [0.25, 0.3) is 0 Å². The van der Waals surface area contributed by atoms with Crippen molar-refractivity contribution in [3.8, 4) is 0 Å². The number of aromatic carboxylic acids is 1. The van der Waals surface area contributed by atoms with E-state index in [-0.39, 0.29) is 6.04 Å². The number of nitrogens with one attached hydrogen (secondary N) is 1. The van der Waals surface area contributed by atoms with Gasteiger partial charge in [-0.3, -0.25) is 0 Å². The molecular formula is C10H8F3NO2. The molecule has 1 aliphatic carbocycles. The van der Waals surface area contributed by atoms with Gasteiger partial charge >= 0.3 is 5.97 Å². The number of carbonyl (C=O) groups is 1. The van der Waals surface area contributed by atoms with Gasteiger partial charge in [-0.2, -0.15) is 0 Å². The van der Waals surface area contributed by atoms with Crippen LogP contribution in [0.2, 0.25) is 0 Å². The first-order chi connectivity index (χ1) is 7.50. The van der Waals surface area contributed by atoms with Crippen molar-refractivity contribution in [3.63, 3.8) is 0 Å². The number of hydrogen-bond acceptors (Lipinski definition) is 2. The summed E-state index contributed by atoms with van der Waals surface area (Å²) in [7, 11) is 0. The molecule has 0 unspecified atom stereocenters. The SMILES string of the molecule is O=C(O)c1c(F)c(F)cc(F)c1NC1CC1. The van der Waals surface area contributed by atoms with E-state index in [1.54, 1.807) is 0 Å². The van der Waals surface area contributed by atoms with E-state index < -0.39 is 34.7 Å². The molecule has 1 saturated carbocycles. The van der Waals surface area contributed by atoms with Gasteiger partial charge in [-0.05, 0) is 12.8 Å². The first-order valence-corrected chi connectivity index (χ1v) is 4.68. The van der Waals surface area contributed by atoms with Gasteiger partial charge < -0.3 is 10.4 Å². The molecule has 0 bridgehead atoms. The zero-order valence-corrected chi connectivity index (χ0v) is 8.06. The van der Waals surface area contributed by atoms with E-state index in [1.165, 1.54) is 0 Å². The van der Waals surface area contributed by atoms with E-state index in [4.69, 9.17) is 5.11 Å². The fourth-order valence-corrected chi connectivity index (χ4v) is 1.37. The zero-order chi connectivity index (χ0) is 11.9. The Morgan fingerprint density at radius 1 is 1.31 bits per heavy atom. The van der Waals surface area contributed by atoms with Gasteiger partial charge in [-0.15, -0.1) is 0 Å². The third-order valence-electron chi connectivity index (χ3n) is 2.31. The highest BCUT2D eigenvalue weighted by Crippen LogP contribution is 2.31. The van der Waals surface area contributed by atoms with Crippen molar-refractivity contribution in [1.29, 1.82) is 0 Å². The van der Waals surface area contributed by atoms with Crippen LogP contribution in [0.5, 0.6) is 0 Å². The molecule has 0 atom stereocenters. The fourth-order valence-electron chi connectivity index (χ4n) is 1.37. The van der Waals surface area contributed by atoms with Crippen LogP contribution in [0, 0.1) is 17.5 Å². The van der Waals surface area contributed by atoms with Gasteiger partial charge in [0.05, 0.1) is 5.69 Å². The summed E-state index contributed by atoms with van der Waals surface area (Å²) in [5.74, 6) is -5.84. The Labute approximate surface area is 88.9 Å². The van der Waals surface area contributed by atoms with Crippen LogP contribution in [0.4, 0.5) is 18.9 Å². The predicted octanol–water partition coefficient (Wildman–Crippen LogP) is 2.38. The molecule has 16 heavy (non-hydrogen) atoms. The summed E-state index contributed by atoms with van der Waals surface area (Å²) in [6, 6.07) is 0.282. The number of benzene rings is 1. The van der Waals surface area contributed by atoms with Crippen LogP contribution < -0.4 is 5.32 Å². The molecular weight excluding hydrogens is 223 g/mol. The fraction of sp³-hybridized carbons (Fsp3) is 0.300. The number of carboxylic acid groups (broad SMARTS) is 1. The molecule has 86 valence electrons. The highest BCUT2D eigenvalue weighted by atomic mass is 19.2. The second-order valence-electron chi connectivity index (χ2n) is 3.63. The van der Waals surface area contributed by atoms with E-state index in [0.29, 0.717) is 6.07 Å². The van der Waals surface area contributed by atoms with Crippen LogP contribution in [-0.2, 0) is 0 Å². The maximum Gasteiger partial charge on any atom is 0.341 e. The number of hydrogen-bond donors (Lipinski definition) is 2. The number of carboxylic acids is 1. The Bertz CT molecular complexity index is 458. The van der Waals surface area contributed by atoms with Gasteiger partial charge in [0.2, 0.25) is 0 Å². The van der Waals surface area contributed by atoms with Crippen molar-refractivity contribution < 1.29 is 23.1 Å². The standard InChI is InChI=1S/C10H8F3NO2/c11-5-3-6(12)9(14-4-1-2-4)7(8(5)13)10(15)16/h3-4,14H,1-2H2,(H,15,16). The van der Waals surface area contributed by atoms with Crippen LogP contribution >= 0.6 is 0 Å². The van der Waals surface area contributed by atoms with Crippen molar-refractivity contribution in [2.24, 2.45) is 0 Å². The molecule has 1 aliphatic rings. The molecule has 0 radical (unpaired) electrons. The lowest BCUT2D eigenvalue weighted by Gasteiger charge is -2.10. The van der Waals surface area contributed by atoms with Crippen LogP contribution in [0.25, 0.3) is 0 Å².